The van der Waals surface area contributed by atoms with Gasteiger partial charge in [-0.2, -0.15) is 0 Å². The molecule has 0 aliphatic heterocycles. The summed E-state index contributed by atoms with van der Waals surface area (Å²) in [6.07, 6.45) is 11.9. The van der Waals surface area contributed by atoms with E-state index in [9.17, 15) is 0 Å². The molecule has 9 rings (SSSR count). The van der Waals surface area contributed by atoms with Gasteiger partial charge < -0.3 is 34.4 Å². The maximum absolute atomic E-state index is 5.93. The Kier molecular flexibility index (Phi) is 17.9. The molecule has 0 amide bonds. The molecule has 3 aromatic heterocycles. The third-order valence-electron chi connectivity index (χ3n) is 11.5. The van der Waals surface area contributed by atoms with Crippen molar-refractivity contribution in [2.45, 2.75) is 85.7 Å². The molecule has 0 radical (unpaired) electrons. The molecular weight excluding hydrogens is 874 g/mol. The van der Waals surface area contributed by atoms with Gasteiger partial charge in [-0.25, -0.2) is 15.0 Å². The minimum atomic E-state index is 0.334. The van der Waals surface area contributed by atoms with Gasteiger partial charge in [-0.05, 0) is 131 Å². The Hall–Kier alpha value is -7.56. The van der Waals surface area contributed by atoms with E-state index >= 15 is 0 Å². The van der Waals surface area contributed by atoms with Crippen LogP contribution >= 0.6 is 11.6 Å². The lowest BCUT2D eigenvalue weighted by atomic mass is 10.0. The molecule has 0 saturated heterocycles. The predicted octanol–water partition coefficient (Wildman–Crippen LogP) is 14.2. The Morgan fingerprint density at radius 2 is 0.870 bits per heavy atom. The highest BCUT2D eigenvalue weighted by atomic mass is 35.5. The fourth-order valence-corrected chi connectivity index (χ4v) is 8.02. The summed E-state index contributed by atoms with van der Waals surface area (Å²) < 4.78 is 5.93. The first-order chi connectivity index (χ1) is 33.6. The number of ether oxygens (including phenoxy) is 1. The van der Waals surface area contributed by atoms with E-state index in [0.717, 1.165) is 60.7 Å². The van der Waals surface area contributed by atoms with Crippen molar-refractivity contribution in [1.29, 1.82) is 0 Å². The van der Waals surface area contributed by atoms with Crippen LogP contribution in [0.3, 0.4) is 0 Å². The van der Waals surface area contributed by atoms with Crippen LogP contribution < -0.4 is 19.4 Å². The maximum Gasteiger partial charge on any atom is 0.129 e. The first kappa shape index (κ1) is 49.3. The van der Waals surface area contributed by atoms with Crippen LogP contribution in [0.1, 0.15) is 70.1 Å². The van der Waals surface area contributed by atoms with Crippen molar-refractivity contribution < 1.29 is 4.74 Å². The molecule has 10 nitrogen and oxygen atoms in total. The fraction of sp³-hybridized carbons (Fsp3) is 0.224. The number of hydrogen-bond acceptors (Lipinski definition) is 7. The quantitative estimate of drug-likeness (QED) is 0.0835. The van der Waals surface area contributed by atoms with Gasteiger partial charge in [-0.1, -0.05) is 103 Å². The van der Waals surface area contributed by atoms with Crippen molar-refractivity contribution in [2.24, 2.45) is 0 Å². The topological polar surface area (TPSA) is 105 Å². The first-order valence-electron chi connectivity index (χ1n) is 23.6. The summed E-state index contributed by atoms with van der Waals surface area (Å²) in [5.41, 5.74) is 8.70. The van der Waals surface area contributed by atoms with Gasteiger partial charge in [-0.15, -0.1) is 0 Å². The van der Waals surface area contributed by atoms with Gasteiger partial charge >= 0.3 is 0 Å². The van der Waals surface area contributed by atoms with Crippen LogP contribution in [-0.2, 0) is 26.1 Å². The van der Waals surface area contributed by atoms with Crippen LogP contribution in [-0.4, -0.2) is 48.0 Å². The molecule has 6 aromatic carbocycles. The smallest absolute Gasteiger partial charge is 0.129 e. The lowest BCUT2D eigenvalue weighted by Crippen LogP contribution is -2.30. The lowest BCUT2D eigenvalue weighted by molar-refractivity contribution is 0.482. The van der Waals surface area contributed by atoms with Crippen LogP contribution in [0.4, 0.5) is 17.1 Å². The lowest BCUT2D eigenvalue weighted by Gasteiger charge is -2.28. The number of aromatic amines is 3. The SMILES string of the molecule is CC(C)N(Cc1ncc[nH]1)c1cccc(-c2ccccc2)c1.CC(C)N(Cc1ncc[nH]1)c1cccc(Cc2ccccc2)c1.CC(C)N(Cc1ncc[nH]1)c1cccc(Oc2ccc(Cl)cc2)c1. The van der Waals surface area contributed by atoms with E-state index in [4.69, 9.17) is 16.3 Å². The van der Waals surface area contributed by atoms with Crippen molar-refractivity contribution in [3.05, 3.63) is 229 Å². The number of nitrogens with one attached hydrogen (secondary N) is 3. The Balaban J connectivity index is 0.000000153. The molecule has 0 aliphatic carbocycles. The summed E-state index contributed by atoms with van der Waals surface area (Å²) in [6.45, 7) is 15.5. The normalized spacial score (nSPS) is 10.9. The van der Waals surface area contributed by atoms with E-state index in [0.29, 0.717) is 23.1 Å². The third kappa shape index (κ3) is 15.0. The van der Waals surface area contributed by atoms with E-state index in [1.807, 2.05) is 67.1 Å². The summed E-state index contributed by atoms with van der Waals surface area (Å²) >= 11 is 5.91. The van der Waals surface area contributed by atoms with Crippen molar-refractivity contribution in [3.63, 3.8) is 0 Å². The maximum atomic E-state index is 5.93. The standard InChI is InChI=1S/C20H23N3.C19H20ClN3O.C19H21N3/c1-16(2)23(15-20-21-11-12-22-20)19-10-6-9-18(14-19)13-17-7-4-3-5-8-17;1-14(2)23(13-19-21-10-11-22-19)16-4-3-5-18(12-16)24-17-8-6-15(20)7-9-17;1-15(2)22(14-19-20-11-12-21-19)18-10-6-9-17(13-18)16-7-4-3-5-8-16/h3-12,14,16H,13,15H2,1-2H3,(H,21,22);3-12,14H,13H2,1-2H3,(H,21,22);3-13,15H,14H2,1-2H3,(H,20,21). The molecule has 9 aromatic rings. The molecule has 0 spiro atoms. The van der Waals surface area contributed by atoms with E-state index < -0.39 is 0 Å². The number of H-pyrrole nitrogens is 3. The van der Waals surface area contributed by atoms with Crippen molar-refractivity contribution in [1.82, 2.24) is 29.9 Å². The van der Waals surface area contributed by atoms with Crippen LogP contribution in [0.15, 0.2) is 195 Å². The molecule has 0 atom stereocenters. The zero-order chi connectivity index (χ0) is 48.4. The average molecular weight is 939 g/mol. The monoisotopic (exact) mass is 937 g/mol. The average Bonchev–Trinajstić information content (AvgIpc) is 4.20. The van der Waals surface area contributed by atoms with Crippen LogP contribution in [0.25, 0.3) is 11.1 Å². The van der Waals surface area contributed by atoms with Gasteiger partial charge in [0.25, 0.3) is 0 Å². The second-order valence-corrected chi connectivity index (χ2v) is 18.0. The molecule has 3 heterocycles. The highest BCUT2D eigenvalue weighted by Crippen LogP contribution is 2.30. The minimum absolute atomic E-state index is 0.334. The third-order valence-corrected chi connectivity index (χ3v) is 11.7. The van der Waals surface area contributed by atoms with Crippen LogP contribution in [0.5, 0.6) is 11.5 Å². The van der Waals surface area contributed by atoms with Gasteiger partial charge in [0.15, 0.2) is 0 Å². The molecule has 3 N–H and O–H groups in total. The molecule has 11 heteroatoms. The summed E-state index contributed by atoms with van der Waals surface area (Å²) in [5, 5.41) is 0.695. The van der Waals surface area contributed by atoms with Crippen molar-refractivity contribution in [2.75, 3.05) is 14.7 Å². The Morgan fingerprint density at radius 3 is 1.36 bits per heavy atom. The summed E-state index contributed by atoms with van der Waals surface area (Å²) in [4.78, 5) is 29.6. The number of anilines is 3. The van der Waals surface area contributed by atoms with Gasteiger partial charge in [0, 0.05) is 83.5 Å². The largest absolute Gasteiger partial charge is 0.457 e. The molecule has 69 heavy (non-hydrogen) atoms. The Bertz CT molecular complexity index is 2810. The summed E-state index contributed by atoms with van der Waals surface area (Å²) in [6, 6.07) is 55.1. The fourth-order valence-electron chi connectivity index (χ4n) is 7.89. The zero-order valence-electron chi connectivity index (χ0n) is 40.5. The molecule has 0 saturated carbocycles. The van der Waals surface area contributed by atoms with E-state index in [1.165, 1.54) is 33.6 Å². The second-order valence-electron chi connectivity index (χ2n) is 17.6. The van der Waals surface area contributed by atoms with Gasteiger partial charge in [-0.3, -0.25) is 0 Å². The van der Waals surface area contributed by atoms with E-state index in [1.54, 1.807) is 18.6 Å². The molecule has 0 unspecified atom stereocenters. The summed E-state index contributed by atoms with van der Waals surface area (Å²) in [7, 11) is 0. The Labute approximate surface area is 413 Å². The van der Waals surface area contributed by atoms with E-state index in [2.05, 4.69) is 195 Å². The number of hydrogen-bond donors (Lipinski definition) is 3. The highest BCUT2D eigenvalue weighted by Gasteiger charge is 2.16. The minimum Gasteiger partial charge on any atom is -0.457 e. The van der Waals surface area contributed by atoms with Gasteiger partial charge in [0.05, 0.1) is 19.6 Å². The predicted molar refractivity (Wildman–Crippen MR) is 285 cm³/mol. The molecule has 0 fully saturated rings. The van der Waals surface area contributed by atoms with Gasteiger partial charge in [0.2, 0.25) is 0 Å². The number of halogens is 1. The van der Waals surface area contributed by atoms with Gasteiger partial charge in [0.1, 0.15) is 29.0 Å². The van der Waals surface area contributed by atoms with Crippen molar-refractivity contribution >= 4 is 28.7 Å². The number of aromatic nitrogens is 6. The highest BCUT2D eigenvalue weighted by molar-refractivity contribution is 6.30. The number of nitrogens with zero attached hydrogens (tertiary/aromatic N) is 6. The zero-order valence-corrected chi connectivity index (χ0v) is 41.3. The first-order valence-corrected chi connectivity index (χ1v) is 24.0. The molecular formula is C58H64ClN9O. The molecule has 0 aliphatic rings. The number of imidazole rings is 3. The number of benzene rings is 6. The Morgan fingerprint density at radius 1 is 0.435 bits per heavy atom. The van der Waals surface area contributed by atoms with Crippen LogP contribution in [0, 0.1) is 0 Å². The molecule has 0 bridgehead atoms. The van der Waals surface area contributed by atoms with E-state index in [-0.39, 0.29) is 0 Å². The van der Waals surface area contributed by atoms with Crippen molar-refractivity contribution in [3.8, 4) is 22.6 Å². The second kappa shape index (κ2) is 25.0. The van der Waals surface area contributed by atoms with Crippen LogP contribution in [0.2, 0.25) is 5.02 Å². The molecule has 354 valence electrons. The number of rotatable bonds is 17. The summed E-state index contributed by atoms with van der Waals surface area (Å²) in [5.74, 6) is 4.47.